The molecule has 326 valence electrons. The predicted molar refractivity (Wildman–Crippen MR) is 230 cm³/mol. The quantitative estimate of drug-likeness (QED) is 0.0983. The van der Waals surface area contributed by atoms with Gasteiger partial charge in [-0.25, -0.2) is 0 Å². The number of carbonyl (C=O) groups is 1. The Hall–Kier alpha value is -1.62. The minimum Gasteiger partial charge on any atom is -0.497 e. The highest BCUT2D eigenvalue weighted by Gasteiger charge is 2.68. The summed E-state index contributed by atoms with van der Waals surface area (Å²) in [4.78, 5) is 13.8. The first-order chi connectivity index (χ1) is 26.2. The van der Waals surface area contributed by atoms with Crippen molar-refractivity contribution in [1.29, 1.82) is 0 Å². The number of aliphatic hydroxyl groups excluding tert-OH is 1. The lowest BCUT2D eigenvalue weighted by Gasteiger charge is -2.53. The lowest BCUT2D eigenvalue weighted by molar-refractivity contribution is -0.334. The highest BCUT2D eigenvalue weighted by molar-refractivity contribution is 6.74. The van der Waals surface area contributed by atoms with E-state index in [1.165, 1.54) is 0 Å². The van der Waals surface area contributed by atoms with E-state index >= 15 is 0 Å². The molecule has 3 fully saturated rings. The third kappa shape index (κ3) is 9.80. The number of methoxy groups -OCH3 is 2. The molecule has 1 unspecified atom stereocenters. The average molecular weight is 835 g/mol. The first kappa shape index (κ1) is 48.1. The highest BCUT2D eigenvalue weighted by Crippen LogP contribution is 2.57. The number of rotatable bonds is 16. The highest BCUT2D eigenvalue weighted by atomic mass is 28.4. The summed E-state index contributed by atoms with van der Waals surface area (Å²) in [6, 6.07) is 7.77. The lowest BCUT2D eigenvalue weighted by Crippen LogP contribution is -2.60. The molecule has 3 saturated heterocycles. The summed E-state index contributed by atoms with van der Waals surface area (Å²) in [5.74, 6) is -2.03. The molecule has 1 spiro atoms. The first-order valence-corrected chi connectivity index (χ1v) is 26.9. The molecule has 10 nitrogen and oxygen atoms in total. The summed E-state index contributed by atoms with van der Waals surface area (Å²) in [5, 5.41) is 12.4. The van der Waals surface area contributed by atoms with E-state index in [1.54, 1.807) is 14.2 Å². The summed E-state index contributed by atoms with van der Waals surface area (Å²) in [7, 11) is -1.05. The molecule has 1 N–H and O–H groups in total. The maximum absolute atomic E-state index is 13.8. The van der Waals surface area contributed by atoms with E-state index in [-0.39, 0.29) is 46.6 Å². The van der Waals surface area contributed by atoms with Gasteiger partial charge in [-0.1, -0.05) is 94.4 Å². The van der Waals surface area contributed by atoms with Gasteiger partial charge in [0.2, 0.25) is 0 Å². The van der Waals surface area contributed by atoms with E-state index in [0.717, 1.165) is 11.3 Å². The molecule has 0 bridgehead atoms. The fraction of sp³-hybridized carbons (Fsp3) is 0.800. The second-order valence-corrected chi connectivity index (χ2v) is 30.4. The van der Waals surface area contributed by atoms with E-state index < -0.39 is 70.2 Å². The van der Waals surface area contributed by atoms with Crippen LogP contribution in [0.2, 0.25) is 36.3 Å². The van der Waals surface area contributed by atoms with Gasteiger partial charge in [0, 0.05) is 43.3 Å². The Labute approximate surface area is 347 Å². The van der Waals surface area contributed by atoms with Crippen molar-refractivity contribution < 1.29 is 47.2 Å². The van der Waals surface area contributed by atoms with Gasteiger partial charge in [0.05, 0.1) is 44.1 Å². The van der Waals surface area contributed by atoms with Crippen LogP contribution in [-0.2, 0) is 43.9 Å². The van der Waals surface area contributed by atoms with Crippen LogP contribution in [0.4, 0.5) is 0 Å². The van der Waals surface area contributed by atoms with Gasteiger partial charge in [-0.15, -0.1) is 6.58 Å². The standard InChI is InChI=1S/C45H78O10Si2/c1-19-20-33-29(3)34(55-57(17,18)43(8,9)10)25-45(53-33)44(11,12)40(50-27-31-21-23-32(48-13)24-22-31)39(54-45)38(49-14)36(46)35-30(4)37(52-41(35)47)28(2)26-51-56(15,16)42(5,6)7/h19,21-24,28-30,33-40,46H,1,20,25-27H2,2-18H3/t28-,29-,30+,33+,34-,35-,36?,37-,38+,39-,40+,45+/m1/s1. The zero-order valence-electron chi connectivity index (χ0n) is 38.4. The van der Waals surface area contributed by atoms with Crippen molar-refractivity contribution in [2.75, 3.05) is 20.8 Å². The number of esters is 1. The number of hydrogen-bond acceptors (Lipinski definition) is 10. The number of hydrogen-bond donors (Lipinski definition) is 1. The maximum atomic E-state index is 13.8. The zero-order chi connectivity index (χ0) is 43.1. The molecule has 0 saturated carbocycles. The Morgan fingerprint density at radius 2 is 1.54 bits per heavy atom. The Morgan fingerprint density at radius 1 is 0.947 bits per heavy atom. The molecule has 4 rings (SSSR count). The molecule has 3 heterocycles. The van der Waals surface area contributed by atoms with E-state index in [2.05, 4.69) is 102 Å². The van der Waals surface area contributed by atoms with Crippen LogP contribution in [-0.4, -0.2) is 97.1 Å². The summed E-state index contributed by atoms with van der Waals surface area (Å²) in [6.07, 6.45) is -1.52. The Balaban J connectivity index is 1.71. The summed E-state index contributed by atoms with van der Waals surface area (Å²) < 4.78 is 52.8. The van der Waals surface area contributed by atoms with Crippen LogP contribution in [0.5, 0.6) is 5.75 Å². The molecule has 57 heavy (non-hydrogen) atoms. The smallest absolute Gasteiger partial charge is 0.312 e. The van der Waals surface area contributed by atoms with E-state index in [4.69, 9.17) is 37.3 Å². The van der Waals surface area contributed by atoms with E-state index in [9.17, 15) is 9.90 Å². The third-order valence-electron chi connectivity index (χ3n) is 14.5. The van der Waals surface area contributed by atoms with Crippen molar-refractivity contribution in [2.45, 2.75) is 180 Å². The van der Waals surface area contributed by atoms with Gasteiger partial charge in [-0.2, -0.15) is 0 Å². The Morgan fingerprint density at radius 3 is 2.07 bits per heavy atom. The zero-order valence-corrected chi connectivity index (χ0v) is 40.4. The first-order valence-electron chi connectivity index (χ1n) is 21.1. The Kier molecular flexibility index (Phi) is 15.0. The molecule has 0 radical (unpaired) electrons. The molecule has 0 aliphatic carbocycles. The van der Waals surface area contributed by atoms with Crippen molar-refractivity contribution in [3.8, 4) is 5.75 Å². The molecule has 0 amide bonds. The van der Waals surface area contributed by atoms with Gasteiger partial charge in [0.15, 0.2) is 22.4 Å². The van der Waals surface area contributed by atoms with E-state index in [1.807, 2.05) is 37.3 Å². The van der Waals surface area contributed by atoms with Gasteiger partial charge in [-0.3, -0.25) is 4.79 Å². The van der Waals surface area contributed by atoms with Crippen molar-refractivity contribution in [3.63, 3.8) is 0 Å². The van der Waals surface area contributed by atoms with Crippen molar-refractivity contribution in [3.05, 3.63) is 42.5 Å². The van der Waals surface area contributed by atoms with Gasteiger partial charge in [0.1, 0.15) is 24.1 Å². The van der Waals surface area contributed by atoms with Gasteiger partial charge >= 0.3 is 5.97 Å². The second kappa shape index (κ2) is 17.8. The Bertz CT molecular complexity index is 1500. The third-order valence-corrected chi connectivity index (χ3v) is 23.5. The molecule has 0 aromatic heterocycles. The summed E-state index contributed by atoms with van der Waals surface area (Å²) in [6.45, 7) is 37.7. The molecule has 3 aliphatic heterocycles. The van der Waals surface area contributed by atoms with Crippen LogP contribution < -0.4 is 4.74 Å². The predicted octanol–water partition coefficient (Wildman–Crippen LogP) is 9.30. The fourth-order valence-corrected chi connectivity index (χ4v) is 10.9. The molecule has 12 atom stereocenters. The average Bonchev–Trinajstić information content (AvgIpc) is 3.51. The maximum Gasteiger partial charge on any atom is 0.312 e. The second-order valence-electron chi connectivity index (χ2n) is 20.8. The number of ether oxygens (including phenoxy) is 6. The van der Waals surface area contributed by atoms with Gasteiger partial charge in [-0.05, 0) is 60.4 Å². The minimum absolute atomic E-state index is 0.00519. The van der Waals surface area contributed by atoms with Crippen molar-refractivity contribution in [1.82, 2.24) is 0 Å². The SMILES string of the molecule is C=CC[C@@H]1O[C@@]2(C[C@@H](O[Si](C)(C)C(C)(C)C)[C@@H]1C)O[C@H]([C@@H](OC)C(O)[C@@H]1C(=O)O[C@H]([C@H](C)CO[Si](C)(C)C(C)(C)C)[C@H]1C)[C@H](OCc1ccc(OC)cc1)C2(C)C. The topological polar surface area (TPSA) is 111 Å². The van der Waals surface area contributed by atoms with Crippen molar-refractivity contribution >= 4 is 22.6 Å². The number of benzene rings is 1. The minimum atomic E-state index is -2.23. The molecular weight excluding hydrogens is 757 g/mol. The number of aliphatic hydroxyl groups is 1. The molecular formula is C45H78O10Si2. The molecule has 1 aromatic rings. The summed E-state index contributed by atoms with van der Waals surface area (Å²) in [5.41, 5.74) is 0.183. The molecule has 12 heteroatoms. The number of carbonyl (C=O) groups excluding carboxylic acids is 1. The fourth-order valence-electron chi connectivity index (χ4n) is 8.37. The van der Waals surface area contributed by atoms with Crippen LogP contribution in [0, 0.1) is 29.1 Å². The largest absolute Gasteiger partial charge is 0.497 e. The van der Waals surface area contributed by atoms with Crippen LogP contribution in [0.1, 0.15) is 94.6 Å². The molecule has 1 aromatic carbocycles. The molecule has 3 aliphatic rings. The van der Waals surface area contributed by atoms with Gasteiger partial charge in [0.25, 0.3) is 0 Å². The van der Waals surface area contributed by atoms with Gasteiger partial charge < -0.3 is 42.4 Å². The van der Waals surface area contributed by atoms with Crippen LogP contribution in [0.15, 0.2) is 36.9 Å². The van der Waals surface area contributed by atoms with Crippen LogP contribution in [0.3, 0.4) is 0 Å². The lowest BCUT2D eigenvalue weighted by atomic mass is 9.72. The van der Waals surface area contributed by atoms with Crippen molar-refractivity contribution in [2.24, 2.45) is 29.1 Å². The monoisotopic (exact) mass is 835 g/mol. The van der Waals surface area contributed by atoms with Crippen LogP contribution in [0.25, 0.3) is 0 Å². The number of cyclic esters (lactones) is 1. The normalized spacial score (nSPS) is 32.6. The van der Waals surface area contributed by atoms with Crippen LogP contribution >= 0.6 is 0 Å². The summed E-state index contributed by atoms with van der Waals surface area (Å²) >= 11 is 0. The van der Waals surface area contributed by atoms with E-state index in [0.29, 0.717) is 19.4 Å².